The van der Waals surface area contributed by atoms with E-state index in [1.54, 1.807) is 36.5 Å². The third-order valence-corrected chi connectivity index (χ3v) is 4.44. The van der Waals surface area contributed by atoms with Gasteiger partial charge in [-0.2, -0.15) is 0 Å². The van der Waals surface area contributed by atoms with Crippen molar-refractivity contribution >= 4 is 28.9 Å². The predicted molar refractivity (Wildman–Crippen MR) is 104 cm³/mol. The van der Waals surface area contributed by atoms with Crippen molar-refractivity contribution in [2.24, 2.45) is 0 Å². The highest BCUT2D eigenvalue weighted by molar-refractivity contribution is 6.31. The molecule has 0 fully saturated rings. The van der Waals surface area contributed by atoms with Gasteiger partial charge in [-0.15, -0.1) is 0 Å². The fourth-order valence-corrected chi connectivity index (χ4v) is 2.84. The molecule has 0 spiro atoms. The quantitative estimate of drug-likeness (QED) is 0.688. The van der Waals surface area contributed by atoms with Gasteiger partial charge < -0.3 is 20.1 Å². The van der Waals surface area contributed by atoms with Crippen LogP contribution >= 0.6 is 11.6 Å². The van der Waals surface area contributed by atoms with E-state index in [0.717, 1.165) is 11.3 Å². The number of fused-ring (bicyclic) bond motifs is 1. The Morgan fingerprint density at radius 3 is 2.67 bits per heavy atom. The zero-order valence-corrected chi connectivity index (χ0v) is 15.0. The van der Waals surface area contributed by atoms with Gasteiger partial charge in [0.25, 0.3) is 5.91 Å². The minimum absolute atomic E-state index is 0.191. The molecule has 4 rings (SSSR count). The third kappa shape index (κ3) is 3.96. The Bertz CT molecular complexity index is 976. The highest BCUT2D eigenvalue weighted by Gasteiger charge is 2.15. The van der Waals surface area contributed by atoms with Crippen LogP contribution in [0.15, 0.2) is 60.8 Å². The molecule has 2 heterocycles. The number of nitrogens with zero attached hydrogens (tertiary/aromatic N) is 1. The van der Waals surface area contributed by atoms with E-state index < -0.39 is 0 Å². The van der Waals surface area contributed by atoms with Gasteiger partial charge in [0.1, 0.15) is 5.69 Å². The van der Waals surface area contributed by atoms with E-state index >= 15 is 0 Å². The lowest BCUT2D eigenvalue weighted by molar-refractivity contribution is 0.102. The number of benzene rings is 2. The number of aromatic nitrogens is 1. The topological polar surface area (TPSA) is 72.5 Å². The first kappa shape index (κ1) is 17.2. The molecule has 0 saturated heterocycles. The lowest BCUT2D eigenvalue weighted by atomic mass is 10.2. The normalized spacial score (nSPS) is 11.9. The Labute approximate surface area is 161 Å². The second kappa shape index (κ2) is 7.55. The van der Waals surface area contributed by atoms with Crippen LogP contribution in [0.4, 0.5) is 11.4 Å². The van der Waals surface area contributed by atoms with Crippen LogP contribution in [0.5, 0.6) is 11.5 Å². The number of carbonyl (C=O) groups excluding carboxylic acids is 1. The molecule has 2 N–H and O–H groups in total. The molecule has 0 aliphatic carbocycles. The summed E-state index contributed by atoms with van der Waals surface area (Å²) >= 11 is 6.14. The van der Waals surface area contributed by atoms with Crippen LogP contribution in [0.3, 0.4) is 0 Å². The number of hydrogen-bond donors (Lipinski definition) is 2. The monoisotopic (exact) mass is 381 g/mol. The smallest absolute Gasteiger partial charge is 0.274 e. The van der Waals surface area contributed by atoms with E-state index in [1.165, 1.54) is 0 Å². The summed E-state index contributed by atoms with van der Waals surface area (Å²) < 4.78 is 10.6. The second-order valence-electron chi connectivity index (χ2n) is 5.90. The second-order valence-corrected chi connectivity index (χ2v) is 6.31. The number of ether oxygens (including phenoxy) is 2. The minimum Gasteiger partial charge on any atom is -0.454 e. The van der Waals surface area contributed by atoms with E-state index in [1.807, 2.05) is 24.3 Å². The lowest BCUT2D eigenvalue weighted by Crippen LogP contribution is -2.13. The van der Waals surface area contributed by atoms with Crippen LogP contribution in [-0.4, -0.2) is 17.7 Å². The van der Waals surface area contributed by atoms with Crippen LogP contribution in [0.1, 0.15) is 16.1 Å². The fraction of sp³-hybridized carbons (Fsp3) is 0.100. The van der Waals surface area contributed by atoms with Gasteiger partial charge in [-0.25, -0.2) is 4.98 Å². The first-order valence-corrected chi connectivity index (χ1v) is 8.71. The van der Waals surface area contributed by atoms with Gasteiger partial charge in [0, 0.05) is 23.3 Å². The molecule has 7 heteroatoms. The summed E-state index contributed by atoms with van der Waals surface area (Å²) in [5.74, 6) is 0.978. The average Bonchev–Trinajstić information content (AvgIpc) is 3.15. The summed E-state index contributed by atoms with van der Waals surface area (Å²) in [4.78, 5) is 16.6. The highest BCUT2D eigenvalue weighted by Crippen LogP contribution is 2.34. The lowest BCUT2D eigenvalue weighted by Gasteiger charge is -2.09. The molecule has 0 radical (unpaired) electrons. The molecule has 6 nitrogen and oxygen atoms in total. The average molecular weight is 382 g/mol. The zero-order valence-electron chi connectivity index (χ0n) is 14.2. The molecule has 2 aromatic carbocycles. The van der Waals surface area contributed by atoms with Gasteiger partial charge in [0.2, 0.25) is 6.79 Å². The van der Waals surface area contributed by atoms with Crippen molar-refractivity contribution in [2.75, 3.05) is 17.4 Å². The molecule has 1 amide bonds. The summed E-state index contributed by atoms with van der Waals surface area (Å²) in [5, 5.41) is 6.74. The van der Waals surface area contributed by atoms with Crippen LogP contribution in [0, 0.1) is 0 Å². The third-order valence-electron chi connectivity index (χ3n) is 4.07. The van der Waals surface area contributed by atoms with E-state index in [0.29, 0.717) is 34.4 Å². The first-order chi connectivity index (χ1) is 13.2. The SMILES string of the molecule is O=C(Nc1ccc2c(c1)OCO2)c1ccc(NCc2ccccc2Cl)cn1. The van der Waals surface area contributed by atoms with Gasteiger partial charge >= 0.3 is 0 Å². The molecule has 0 saturated carbocycles. The Balaban J connectivity index is 1.38. The zero-order chi connectivity index (χ0) is 18.6. The van der Waals surface area contributed by atoms with Gasteiger partial charge in [-0.05, 0) is 35.9 Å². The maximum Gasteiger partial charge on any atom is 0.274 e. The summed E-state index contributed by atoms with van der Waals surface area (Å²) in [5.41, 5.74) is 2.72. The van der Waals surface area contributed by atoms with Crippen molar-refractivity contribution in [3.63, 3.8) is 0 Å². The molecule has 1 aliphatic rings. The molecular formula is C20H16ClN3O3. The van der Waals surface area contributed by atoms with Gasteiger partial charge in [-0.3, -0.25) is 4.79 Å². The number of halogens is 1. The maximum atomic E-state index is 12.4. The Hall–Kier alpha value is -3.25. The van der Waals surface area contributed by atoms with Crippen molar-refractivity contribution < 1.29 is 14.3 Å². The molecular weight excluding hydrogens is 366 g/mol. The molecule has 27 heavy (non-hydrogen) atoms. The molecule has 3 aromatic rings. The van der Waals surface area contributed by atoms with E-state index in [2.05, 4.69) is 15.6 Å². The van der Waals surface area contributed by atoms with Crippen molar-refractivity contribution in [2.45, 2.75) is 6.54 Å². The largest absolute Gasteiger partial charge is 0.454 e. The predicted octanol–water partition coefficient (Wildman–Crippen LogP) is 4.33. The Morgan fingerprint density at radius 2 is 1.85 bits per heavy atom. The van der Waals surface area contributed by atoms with E-state index in [4.69, 9.17) is 21.1 Å². The van der Waals surface area contributed by atoms with Crippen molar-refractivity contribution in [3.05, 3.63) is 77.1 Å². The van der Waals surface area contributed by atoms with Crippen LogP contribution < -0.4 is 20.1 Å². The molecule has 1 aliphatic heterocycles. The number of carbonyl (C=O) groups is 1. The summed E-state index contributed by atoms with van der Waals surface area (Å²) in [6.07, 6.45) is 1.62. The van der Waals surface area contributed by atoms with Crippen LogP contribution in [0.25, 0.3) is 0 Å². The Morgan fingerprint density at radius 1 is 1.04 bits per heavy atom. The van der Waals surface area contributed by atoms with Gasteiger partial charge in [0.05, 0.1) is 11.9 Å². The summed E-state index contributed by atoms with van der Waals surface area (Å²) in [7, 11) is 0. The standard InChI is InChI=1S/C20H16ClN3O3/c21-16-4-2-1-3-13(16)10-22-15-5-7-17(23-11-15)20(25)24-14-6-8-18-19(9-14)27-12-26-18/h1-9,11,22H,10,12H2,(H,24,25). The van der Waals surface area contributed by atoms with Gasteiger partial charge in [0.15, 0.2) is 11.5 Å². The summed E-state index contributed by atoms with van der Waals surface area (Å²) in [6.45, 7) is 0.765. The van der Waals surface area contributed by atoms with Crippen molar-refractivity contribution in [1.82, 2.24) is 4.98 Å². The fourth-order valence-electron chi connectivity index (χ4n) is 2.64. The number of anilines is 2. The number of hydrogen-bond acceptors (Lipinski definition) is 5. The molecule has 0 unspecified atom stereocenters. The van der Waals surface area contributed by atoms with Crippen LogP contribution in [-0.2, 0) is 6.54 Å². The first-order valence-electron chi connectivity index (χ1n) is 8.33. The molecule has 136 valence electrons. The van der Waals surface area contributed by atoms with Crippen molar-refractivity contribution in [1.29, 1.82) is 0 Å². The molecule has 0 bridgehead atoms. The van der Waals surface area contributed by atoms with Gasteiger partial charge in [-0.1, -0.05) is 29.8 Å². The minimum atomic E-state index is -0.300. The number of pyridine rings is 1. The van der Waals surface area contributed by atoms with E-state index in [-0.39, 0.29) is 12.7 Å². The number of amides is 1. The number of rotatable bonds is 5. The molecule has 0 atom stereocenters. The number of nitrogens with one attached hydrogen (secondary N) is 2. The highest BCUT2D eigenvalue weighted by atomic mass is 35.5. The maximum absolute atomic E-state index is 12.4. The van der Waals surface area contributed by atoms with Crippen molar-refractivity contribution in [3.8, 4) is 11.5 Å². The Kier molecular flexibility index (Phi) is 4.80. The molecule has 1 aromatic heterocycles. The van der Waals surface area contributed by atoms with Crippen LogP contribution in [0.2, 0.25) is 5.02 Å². The van der Waals surface area contributed by atoms with E-state index in [9.17, 15) is 4.79 Å². The summed E-state index contributed by atoms with van der Waals surface area (Å²) in [6, 6.07) is 16.3.